The second-order valence-electron chi connectivity index (χ2n) is 4.79. The molecular formula is C17H17NOS. The van der Waals surface area contributed by atoms with Crippen LogP contribution >= 0.6 is 11.8 Å². The van der Waals surface area contributed by atoms with Crippen molar-refractivity contribution in [3.8, 4) is 0 Å². The van der Waals surface area contributed by atoms with Gasteiger partial charge in [0.2, 0.25) is 5.90 Å². The first kappa shape index (κ1) is 13.3. The van der Waals surface area contributed by atoms with E-state index in [4.69, 9.17) is 9.73 Å². The molecule has 0 radical (unpaired) electrons. The van der Waals surface area contributed by atoms with Gasteiger partial charge in [-0.25, -0.2) is 4.99 Å². The number of thioether (sulfide) groups is 1. The van der Waals surface area contributed by atoms with Crippen molar-refractivity contribution in [3.05, 3.63) is 65.7 Å². The van der Waals surface area contributed by atoms with Crippen LogP contribution in [0.5, 0.6) is 0 Å². The fraction of sp³-hybridized carbons (Fsp3) is 0.235. The zero-order valence-corrected chi connectivity index (χ0v) is 12.3. The summed E-state index contributed by atoms with van der Waals surface area (Å²) < 4.78 is 5.80. The van der Waals surface area contributed by atoms with Crippen LogP contribution in [0.25, 0.3) is 0 Å². The van der Waals surface area contributed by atoms with Crippen molar-refractivity contribution in [2.24, 2.45) is 4.99 Å². The molecule has 0 amide bonds. The van der Waals surface area contributed by atoms with Gasteiger partial charge in [-0.3, -0.25) is 0 Å². The molecule has 3 rings (SSSR count). The fourth-order valence-corrected chi connectivity index (χ4v) is 2.96. The van der Waals surface area contributed by atoms with Gasteiger partial charge in [0, 0.05) is 10.5 Å². The maximum absolute atomic E-state index is 5.80. The van der Waals surface area contributed by atoms with E-state index in [2.05, 4.69) is 42.7 Å². The van der Waals surface area contributed by atoms with Gasteiger partial charge >= 0.3 is 0 Å². The Balaban J connectivity index is 1.78. The Hall–Kier alpha value is -1.74. The number of rotatable bonds is 4. The third-order valence-electron chi connectivity index (χ3n) is 3.36. The molecule has 0 fully saturated rings. The van der Waals surface area contributed by atoms with Crippen molar-refractivity contribution < 1.29 is 4.74 Å². The molecule has 102 valence electrons. The van der Waals surface area contributed by atoms with Crippen molar-refractivity contribution in [3.63, 3.8) is 0 Å². The van der Waals surface area contributed by atoms with E-state index in [0.717, 1.165) is 17.9 Å². The molecule has 0 spiro atoms. The molecule has 0 aliphatic carbocycles. The lowest BCUT2D eigenvalue weighted by Gasteiger charge is -2.05. The normalized spacial score (nSPS) is 17.6. The molecule has 1 heterocycles. The van der Waals surface area contributed by atoms with E-state index in [1.54, 1.807) is 11.8 Å². The Morgan fingerprint density at radius 2 is 1.85 bits per heavy atom. The number of hydrogen-bond acceptors (Lipinski definition) is 3. The quantitative estimate of drug-likeness (QED) is 0.796. The van der Waals surface area contributed by atoms with Crippen LogP contribution in [0, 0.1) is 0 Å². The molecule has 1 aliphatic rings. The van der Waals surface area contributed by atoms with Crippen LogP contribution in [0.3, 0.4) is 0 Å². The molecule has 0 unspecified atom stereocenters. The second kappa shape index (κ2) is 6.14. The van der Waals surface area contributed by atoms with Crippen LogP contribution in [0.4, 0.5) is 0 Å². The summed E-state index contributed by atoms with van der Waals surface area (Å²) in [5, 5.41) is 0. The maximum Gasteiger partial charge on any atom is 0.217 e. The second-order valence-corrected chi connectivity index (χ2v) is 5.64. The lowest BCUT2D eigenvalue weighted by atomic mass is 10.1. The lowest BCUT2D eigenvalue weighted by molar-refractivity contribution is 0.316. The van der Waals surface area contributed by atoms with Crippen molar-refractivity contribution in [1.82, 2.24) is 0 Å². The monoisotopic (exact) mass is 283 g/mol. The predicted octanol–water partition coefficient (Wildman–Crippen LogP) is 3.80. The number of nitrogens with zero attached hydrogens (tertiary/aromatic N) is 1. The van der Waals surface area contributed by atoms with Gasteiger partial charge in [0.25, 0.3) is 0 Å². The molecule has 1 aliphatic heterocycles. The minimum atomic E-state index is 0.224. The Labute approximate surface area is 123 Å². The summed E-state index contributed by atoms with van der Waals surface area (Å²) >= 11 is 1.73. The predicted molar refractivity (Wildman–Crippen MR) is 84.6 cm³/mol. The lowest BCUT2D eigenvalue weighted by Crippen LogP contribution is -2.09. The molecular weight excluding hydrogens is 266 g/mol. The minimum Gasteiger partial charge on any atom is -0.475 e. The fourth-order valence-electron chi connectivity index (χ4n) is 2.37. The molecule has 0 saturated carbocycles. The zero-order chi connectivity index (χ0) is 13.8. The molecule has 0 N–H and O–H groups in total. The molecule has 0 saturated heterocycles. The average molecular weight is 283 g/mol. The Bertz CT molecular complexity index is 609. The van der Waals surface area contributed by atoms with Gasteiger partial charge in [0.15, 0.2) is 0 Å². The van der Waals surface area contributed by atoms with Crippen LogP contribution in [0.1, 0.15) is 11.1 Å². The van der Waals surface area contributed by atoms with Crippen LogP contribution in [0.2, 0.25) is 0 Å². The number of benzene rings is 2. The van der Waals surface area contributed by atoms with Crippen LogP contribution in [0.15, 0.2) is 64.5 Å². The van der Waals surface area contributed by atoms with E-state index in [9.17, 15) is 0 Å². The van der Waals surface area contributed by atoms with Gasteiger partial charge < -0.3 is 4.74 Å². The SMILES string of the molecule is CSc1ccccc1C1=N[C@@H](Cc2ccccc2)CO1. The Morgan fingerprint density at radius 1 is 1.10 bits per heavy atom. The summed E-state index contributed by atoms with van der Waals surface area (Å²) in [7, 11) is 0. The topological polar surface area (TPSA) is 21.6 Å². The van der Waals surface area contributed by atoms with Crippen molar-refractivity contribution in [2.45, 2.75) is 17.4 Å². The van der Waals surface area contributed by atoms with E-state index in [-0.39, 0.29) is 6.04 Å². The number of ether oxygens (including phenoxy) is 1. The van der Waals surface area contributed by atoms with Crippen molar-refractivity contribution in [2.75, 3.05) is 12.9 Å². The molecule has 2 aromatic rings. The van der Waals surface area contributed by atoms with E-state index < -0.39 is 0 Å². The van der Waals surface area contributed by atoms with E-state index in [1.165, 1.54) is 10.5 Å². The summed E-state index contributed by atoms with van der Waals surface area (Å²) in [6.07, 6.45) is 3.02. The third kappa shape index (κ3) is 2.88. The standard InChI is InChI=1S/C17H17NOS/c1-20-16-10-6-5-9-15(16)17-18-14(12-19-17)11-13-7-3-2-4-8-13/h2-10,14H,11-12H2,1H3/t14-/m0/s1. The summed E-state index contributed by atoms with van der Waals surface area (Å²) in [6, 6.07) is 19.0. The highest BCUT2D eigenvalue weighted by Crippen LogP contribution is 2.24. The first-order valence-corrected chi connectivity index (χ1v) is 7.97. The molecule has 2 aromatic carbocycles. The maximum atomic E-state index is 5.80. The highest BCUT2D eigenvalue weighted by atomic mass is 32.2. The van der Waals surface area contributed by atoms with Crippen molar-refractivity contribution >= 4 is 17.7 Å². The average Bonchev–Trinajstić information content (AvgIpc) is 2.96. The Kier molecular flexibility index (Phi) is 4.07. The highest BCUT2D eigenvalue weighted by Gasteiger charge is 2.21. The van der Waals surface area contributed by atoms with E-state index in [0.29, 0.717) is 6.61 Å². The molecule has 1 atom stereocenters. The first-order valence-electron chi connectivity index (χ1n) is 6.75. The minimum absolute atomic E-state index is 0.224. The molecule has 0 aromatic heterocycles. The van der Waals surface area contributed by atoms with E-state index >= 15 is 0 Å². The molecule has 2 nitrogen and oxygen atoms in total. The highest BCUT2D eigenvalue weighted by molar-refractivity contribution is 7.98. The zero-order valence-electron chi connectivity index (χ0n) is 11.5. The third-order valence-corrected chi connectivity index (χ3v) is 4.16. The number of aliphatic imine (C=N–C) groups is 1. The van der Waals surface area contributed by atoms with Crippen molar-refractivity contribution in [1.29, 1.82) is 0 Å². The van der Waals surface area contributed by atoms with Gasteiger partial charge in [0.05, 0.1) is 6.04 Å². The molecule has 3 heteroatoms. The van der Waals surface area contributed by atoms with Crippen LogP contribution < -0.4 is 0 Å². The van der Waals surface area contributed by atoms with Gasteiger partial charge in [-0.15, -0.1) is 11.8 Å². The first-order chi connectivity index (χ1) is 9.86. The van der Waals surface area contributed by atoms with Gasteiger partial charge in [0.1, 0.15) is 6.61 Å². The van der Waals surface area contributed by atoms with Crippen LogP contribution in [-0.4, -0.2) is 24.8 Å². The van der Waals surface area contributed by atoms with Gasteiger partial charge in [-0.2, -0.15) is 0 Å². The van der Waals surface area contributed by atoms with Crippen LogP contribution in [-0.2, 0) is 11.2 Å². The number of hydrogen-bond donors (Lipinski definition) is 0. The molecule has 0 bridgehead atoms. The summed E-state index contributed by atoms with van der Waals surface area (Å²) in [5.74, 6) is 0.788. The smallest absolute Gasteiger partial charge is 0.217 e. The molecule has 20 heavy (non-hydrogen) atoms. The van der Waals surface area contributed by atoms with E-state index in [1.807, 2.05) is 18.2 Å². The van der Waals surface area contributed by atoms with Gasteiger partial charge in [-0.05, 0) is 30.4 Å². The summed E-state index contributed by atoms with van der Waals surface area (Å²) in [5.41, 5.74) is 2.42. The Morgan fingerprint density at radius 3 is 2.65 bits per heavy atom. The largest absolute Gasteiger partial charge is 0.475 e. The van der Waals surface area contributed by atoms with Gasteiger partial charge in [-0.1, -0.05) is 42.5 Å². The summed E-state index contributed by atoms with van der Waals surface area (Å²) in [6.45, 7) is 0.674. The summed E-state index contributed by atoms with van der Waals surface area (Å²) in [4.78, 5) is 5.96.